The zero-order valence-corrected chi connectivity index (χ0v) is 25.5. The predicted molar refractivity (Wildman–Crippen MR) is 157 cm³/mol. The molecule has 0 spiro atoms. The lowest BCUT2D eigenvalue weighted by atomic mass is 9.94. The molecule has 0 saturated carbocycles. The summed E-state index contributed by atoms with van der Waals surface area (Å²) in [7, 11) is 5.54. The van der Waals surface area contributed by atoms with Crippen LogP contribution in [0.15, 0.2) is 48.8 Å². The summed E-state index contributed by atoms with van der Waals surface area (Å²) in [5.74, 6) is -4.95. The van der Waals surface area contributed by atoms with Gasteiger partial charge in [-0.3, -0.25) is 14.7 Å². The van der Waals surface area contributed by atoms with Crippen molar-refractivity contribution in [1.29, 1.82) is 0 Å². The van der Waals surface area contributed by atoms with E-state index >= 15 is 0 Å². The molecule has 2 aromatic carbocycles. The van der Waals surface area contributed by atoms with Gasteiger partial charge in [0.25, 0.3) is 5.91 Å². The molecule has 0 fully saturated rings. The van der Waals surface area contributed by atoms with Gasteiger partial charge >= 0.3 is 24.3 Å². The molecule has 1 aliphatic rings. The van der Waals surface area contributed by atoms with Crippen molar-refractivity contribution >= 4 is 29.4 Å². The van der Waals surface area contributed by atoms with Crippen LogP contribution in [0.1, 0.15) is 15.9 Å². The number of nitrogens with one attached hydrogen (secondary N) is 3. The van der Waals surface area contributed by atoms with Gasteiger partial charge in [-0.15, -0.1) is 0 Å². The van der Waals surface area contributed by atoms with Gasteiger partial charge in [-0.2, -0.15) is 31.4 Å². The highest BCUT2D eigenvalue weighted by Gasteiger charge is 2.39. The van der Waals surface area contributed by atoms with Crippen molar-refractivity contribution in [3.8, 4) is 22.6 Å². The molecule has 48 heavy (non-hydrogen) atoms. The van der Waals surface area contributed by atoms with E-state index < -0.39 is 30.2 Å². The van der Waals surface area contributed by atoms with Gasteiger partial charge in [-0.05, 0) is 62.0 Å². The average molecular weight is 692 g/mol. The van der Waals surface area contributed by atoms with Crippen LogP contribution in [0.25, 0.3) is 11.1 Å². The Kier molecular flexibility index (Phi) is 13.8. The van der Waals surface area contributed by atoms with Crippen LogP contribution in [-0.4, -0.2) is 102 Å². The maximum absolute atomic E-state index is 13.2. The summed E-state index contributed by atoms with van der Waals surface area (Å²) in [5.41, 5.74) is 3.84. The van der Waals surface area contributed by atoms with Crippen LogP contribution in [0, 0.1) is 5.92 Å². The number of likely N-dealkylation sites (N-methyl/N-ethyl adjacent to an activating group) is 1. The Morgan fingerprint density at radius 3 is 2.15 bits per heavy atom. The summed E-state index contributed by atoms with van der Waals surface area (Å²) in [6, 6.07) is 10.9. The molecule has 0 aliphatic carbocycles. The Bertz CT molecular complexity index is 1540. The summed E-state index contributed by atoms with van der Waals surface area (Å²) in [5, 5.41) is 26.7. The number of carbonyl (C=O) groups excluding carboxylic acids is 2. The van der Waals surface area contributed by atoms with Gasteiger partial charge in [-0.25, -0.2) is 9.59 Å². The Hall–Kier alpha value is -5.33. The molecule has 1 aromatic heterocycles. The molecule has 5 N–H and O–H groups in total. The predicted octanol–water partition coefficient (Wildman–Crippen LogP) is 3.83. The van der Waals surface area contributed by atoms with Crippen LogP contribution in [0.3, 0.4) is 0 Å². The third kappa shape index (κ3) is 12.1. The molecular formula is C29H31F6N5O8. The van der Waals surface area contributed by atoms with E-state index in [2.05, 4.69) is 20.8 Å². The number of H-pyrrole nitrogens is 1. The van der Waals surface area contributed by atoms with Gasteiger partial charge in [0.1, 0.15) is 24.7 Å². The molecule has 0 saturated heterocycles. The smallest absolute Gasteiger partial charge is 0.490 e. The van der Waals surface area contributed by atoms with Crippen molar-refractivity contribution in [3.63, 3.8) is 0 Å². The van der Waals surface area contributed by atoms with E-state index in [1.54, 1.807) is 37.6 Å². The Labute approximate surface area is 268 Å². The van der Waals surface area contributed by atoms with E-state index in [1.807, 2.05) is 37.2 Å². The molecule has 13 nitrogen and oxygen atoms in total. The van der Waals surface area contributed by atoms with Gasteiger partial charge in [0.2, 0.25) is 5.91 Å². The molecule has 262 valence electrons. The number of rotatable bonds is 8. The number of nitrogens with zero attached hydrogens (tertiary/aromatic N) is 2. The van der Waals surface area contributed by atoms with E-state index in [4.69, 9.17) is 29.3 Å². The highest BCUT2D eigenvalue weighted by Crippen LogP contribution is 2.33. The second-order valence-corrected chi connectivity index (χ2v) is 10.1. The maximum atomic E-state index is 13.2. The number of amides is 2. The Morgan fingerprint density at radius 2 is 1.62 bits per heavy atom. The number of anilines is 1. The number of ether oxygens (including phenoxy) is 2. The minimum absolute atomic E-state index is 0.162. The fraction of sp³-hybridized carbons (Fsp3) is 0.345. The number of aromatic amines is 1. The van der Waals surface area contributed by atoms with E-state index in [9.17, 15) is 35.9 Å². The lowest BCUT2D eigenvalue weighted by Gasteiger charge is -2.25. The molecule has 1 unspecified atom stereocenters. The fourth-order valence-electron chi connectivity index (χ4n) is 3.75. The second kappa shape index (κ2) is 17.0. The zero-order chi connectivity index (χ0) is 36.2. The number of fused-ring (bicyclic) bond motifs is 1. The summed E-state index contributed by atoms with van der Waals surface area (Å²) in [6.45, 7) is 1.49. The first-order valence-electron chi connectivity index (χ1n) is 13.6. The Balaban J connectivity index is 0.000000479. The largest absolute Gasteiger partial charge is 0.492 e. The highest BCUT2D eigenvalue weighted by atomic mass is 19.4. The number of aliphatic carboxylic acids is 2. The number of alkyl halides is 6. The summed E-state index contributed by atoms with van der Waals surface area (Å²) >= 11 is 0. The number of benzene rings is 2. The van der Waals surface area contributed by atoms with Crippen molar-refractivity contribution in [2.24, 2.45) is 5.92 Å². The molecule has 19 heteroatoms. The van der Waals surface area contributed by atoms with Crippen molar-refractivity contribution in [2.45, 2.75) is 18.8 Å². The molecule has 1 atom stereocenters. The summed E-state index contributed by atoms with van der Waals surface area (Å²) in [6.07, 6.45) is -6.14. The van der Waals surface area contributed by atoms with E-state index in [-0.39, 0.29) is 18.4 Å². The van der Waals surface area contributed by atoms with E-state index in [1.165, 1.54) is 0 Å². The molecule has 0 bridgehead atoms. The van der Waals surface area contributed by atoms with Crippen LogP contribution in [0.4, 0.5) is 32.0 Å². The van der Waals surface area contributed by atoms with Crippen LogP contribution in [0.5, 0.6) is 11.5 Å². The van der Waals surface area contributed by atoms with Crippen LogP contribution in [-0.2, 0) is 20.8 Å². The summed E-state index contributed by atoms with van der Waals surface area (Å²) in [4.78, 5) is 45.0. The molecule has 2 amide bonds. The van der Waals surface area contributed by atoms with E-state index in [0.717, 1.165) is 23.2 Å². The van der Waals surface area contributed by atoms with Crippen molar-refractivity contribution in [3.05, 3.63) is 59.9 Å². The number of carbonyl (C=O) groups is 4. The zero-order valence-electron chi connectivity index (χ0n) is 25.5. The standard InChI is InChI=1S/C25H29N5O4.2C2HF3O2/c1-26-24(31)17-5-7-22-18(10-17)11-19(15-34-22)25(32)29-21-6-4-16(20-13-27-28-14-20)12-23(21)33-9-8-30(2)3;2*3-2(4,5)1(6)7/h4-7,10,12-14,19H,8-9,11,15H2,1-3H3,(H,26,31)(H,27,28)(H,29,32);2*(H,6,7). The first-order valence-corrected chi connectivity index (χ1v) is 13.6. The number of carboxylic acid groups (broad SMARTS) is 2. The minimum atomic E-state index is -5.08. The van der Waals surface area contributed by atoms with Gasteiger partial charge in [0, 0.05) is 30.9 Å². The fourth-order valence-corrected chi connectivity index (χ4v) is 3.75. The minimum Gasteiger partial charge on any atom is -0.492 e. The number of hydrogen-bond acceptors (Lipinski definition) is 8. The highest BCUT2D eigenvalue weighted by molar-refractivity contribution is 5.96. The van der Waals surface area contributed by atoms with Crippen LogP contribution >= 0.6 is 0 Å². The number of carboxylic acids is 2. The lowest BCUT2D eigenvalue weighted by Crippen LogP contribution is -2.33. The average Bonchev–Trinajstić information content (AvgIpc) is 3.55. The van der Waals surface area contributed by atoms with Crippen LogP contribution < -0.4 is 20.1 Å². The number of halogens is 6. The monoisotopic (exact) mass is 691 g/mol. The molecule has 4 rings (SSSR count). The van der Waals surface area contributed by atoms with Crippen molar-refractivity contribution in [1.82, 2.24) is 20.4 Å². The van der Waals surface area contributed by atoms with E-state index in [0.29, 0.717) is 35.8 Å². The Morgan fingerprint density at radius 1 is 1.00 bits per heavy atom. The topological polar surface area (TPSA) is 183 Å². The number of hydrogen-bond donors (Lipinski definition) is 5. The molecule has 3 aromatic rings. The third-order valence-corrected chi connectivity index (χ3v) is 6.18. The lowest BCUT2D eigenvalue weighted by molar-refractivity contribution is -0.193. The van der Waals surface area contributed by atoms with Crippen LogP contribution in [0.2, 0.25) is 0 Å². The van der Waals surface area contributed by atoms with Gasteiger partial charge in [-0.1, -0.05) is 6.07 Å². The normalized spacial score (nSPS) is 13.8. The summed E-state index contributed by atoms with van der Waals surface area (Å²) < 4.78 is 75.3. The quantitative estimate of drug-likeness (QED) is 0.218. The SMILES string of the molecule is CNC(=O)c1ccc2c(c1)CC(C(=O)Nc1ccc(-c3cn[nH]c3)cc1OCCN(C)C)CO2.O=C(O)C(F)(F)F.O=C(O)C(F)(F)F. The van der Waals surface area contributed by atoms with Gasteiger partial charge < -0.3 is 35.2 Å². The molecule has 2 heterocycles. The molecular weight excluding hydrogens is 660 g/mol. The number of aromatic nitrogens is 2. The van der Waals surface area contributed by atoms with Gasteiger partial charge in [0.15, 0.2) is 0 Å². The molecule has 1 aliphatic heterocycles. The molecule has 0 radical (unpaired) electrons. The first kappa shape index (κ1) is 38.9. The first-order chi connectivity index (χ1) is 22.3. The van der Waals surface area contributed by atoms with Crippen molar-refractivity contribution in [2.75, 3.05) is 46.2 Å². The second-order valence-electron chi connectivity index (χ2n) is 10.1. The van der Waals surface area contributed by atoms with Crippen molar-refractivity contribution < 1.29 is 65.2 Å². The maximum Gasteiger partial charge on any atom is 0.490 e. The third-order valence-electron chi connectivity index (χ3n) is 6.18. The van der Waals surface area contributed by atoms with Gasteiger partial charge in [0.05, 0.1) is 17.8 Å².